The molecule has 0 heterocycles. The molecule has 5 nitrogen and oxygen atoms in total. The molecule has 0 unspecified atom stereocenters. The van der Waals surface area contributed by atoms with Gasteiger partial charge in [-0.15, -0.1) is 0 Å². The zero-order valence-corrected chi connectivity index (χ0v) is 11.9. The van der Waals surface area contributed by atoms with Crippen molar-refractivity contribution in [2.24, 2.45) is 5.92 Å². The second-order valence-corrected chi connectivity index (χ2v) is 5.55. The number of benzene rings is 1. The number of hydrogen-bond acceptors (Lipinski definition) is 3. The van der Waals surface area contributed by atoms with Crippen LogP contribution >= 0.6 is 0 Å². The molecule has 0 aliphatic heterocycles. The molecule has 2 atom stereocenters. The van der Waals surface area contributed by atoms with E-state index in [1.54, 1.807) is 4.90 Å². The van der Waals surface area contributed by atoms with Crippen LogP contribution in [0.25, 0.3) is 0 Å². The van der Waals surface area contributed by atoms with Crippen molar-refractivity contribution < 1.29 is 9.72 Å². The highest BCUT2D eigenvalue weighted by Gasteiger charge is 2.28. The lowest BCUT2D eigenvalue weighted by Crippen LogP contribution is -2.42. The fourth-order valence-electron chi connectivity index (χ4n) is 2.95. The molecule has 0 spiro atoms. The number of carbonyl (C=O) groups is 1. The van der Waals surface area contributed by atoms with E-state index < -0.39 is 4.92 Å². The molecule has 108 valence electrons. The van der Waals surface area contributed by atoms with Gasteiger partial charge >= 0.3 is 0 Å². The first-order valence-electron chi connectivity index (χ1n) is 7.02. The molecule has 1 fully saturated rings. The molecule has 1 aliphatic rings. The standard InChI is InChI=1S/C15H20N2O3/c1-11-5-3-4-6-14(11)16(2)15(18)12-7-9-13(10-8-12)17(19)20/h7-11,14H,3-6H2,1-2H3/t11-,14-/m0/s1. The number of carbonyl (C=O) groups excluding carboxylic acids is 1. The lowest BCUT2D eigenvalue weighted by atomic mass is 9.85. The van der Waals surface area contributed by atoms with Gasteiger partial charge in [-0.25, -0.2) is 0 Å². The third-order valence-corrected chi connectivity index (χ3v) is 4.21. The molecule has 0 aromatic heterocycles. The lowest BCUT2D eigenvalue weighted by Gasteiger charge is -2.36. The van der Waals surface area contributed by atoms with Crippen LogP contribution in [0.1, 0.15) is 43.0 Å². The summed E-state index contributed by atoms with van der Waals surface area (Å²) in [5, 5.41) is 10.6. The van der Waals surface area contributed by atoms with Crippen LogP contribution in [0.2, 0.25) is 0 Å². The van der Waals surface area contributed by atoms with Gasteiger partial charge in [-0.1, -0.05) is 19.8 Å². The van der Waals surface area contributed by atoms with E-state index in [9.17, 15) is 14.9 Å². The normalized spacial score (nSPS) is 22.3. The molecule has 1 saturated carbocycles. The van der Waals surface area contributed by atoms with Gasteiger partial charge in [0.05, 0.1) is 4.92 Å². The smallest absolute Gasteiger partial charge is 0.269 e. The fraction of sp³-hybridized carbons (Fsp3) is 0.533. The minimum absolute atomic E-state index is 0.00948. The maximum absolute atomic E-state index is 12.4. The summed E-state index contributed by atoms with van der Waals surface area (Å²) in [6, 6.07) is 6.09. The number of non-ortho nitro benzene ring substituents is 1. The highest BCUT2D eigenvalue weighted by atomic mass is 16.6. The molecular formula is C15H20N2O3. The largest absolute Gasteiger partial charge is 0.338 e. The monoisotopic (exact) mass is 276 g/mol. The van der Waals surface area contributed by atoms with Gasteiger partial charge in [0.15, 0.2) is 0 Å². The molecule has 0 saturated heterocycles. The quantitative estimate of drug-likeness (QED) is 0.629. The first kappa shape index (κ1) is 14.5. The molecular weight excluding hydrogens is 256 g/mol. The fourth-order valence-corrected chi connectivity index (χ4v) is 2.95. The Hall–Kier alpha value is -1.91. The lowest BCUT2D eigenvalue weighted by molar-refractivity contribution is -0.384. The molecule has 0 bridgehead atoms. The van der Waals surface area contributed by atoms with Crippen molar-refractivity contribution in [1.29, 1.82) is 0 Å². The van der Waals surface area contributed by atoms with E-state index in [1.165, 1.54) is 30.7 Å². The minimum atomic E-state index is -0.457. The number of nitrogens with zero attached hydrogens (tertiary/aromatic N) is 2. The van der Waals surface area contributed by atoms with Gasteiger partial charge in [-0.2, -0.15) is 0 Å². The van der Waals surface area contributed by atoms with Gasteiger partial charge in [0.25, 0.3) is 11.6 Å². The molecule has 1 aromatic rings. The Morgan fingerprint density at radius 3 is 2.40 bits per heavy atom. The van der Waals surface area contributed by atoms with Gasteiger partial charge in [0.1, 0.15) is 0 Å². The zero-order valence-electron chi connectivity index (χ0n) is 11.9. The molecule has 1 amide bonds. The van der Waals surface area contributed by atoms with E-state index in [1.807, 2.05) is 7.05 Å². The number of rotatable bonds is 3. The molecule has 1 aromatic carbocycles. The summed E-state index contributed by atoms with van der Waals surface area (Å²) in [6.07, 6.45) is 4.59. The van der Waals surface area contributed by atoms with E-state index in [0.717, 1.165) is 19.3 Å². The molecule has 5 heteroatoms. The van der Waals surface area contributed by atoms with Crippen molar-refractivity contribution in [1.82, 2.24) is 4.90 Å². The number of hydrogen-bond donors (Lipinski definition) is 0. The van der Waals surface area contributed by atoms with Gasteiger partial charge in [0, 0.05) is 30.8 Å². The van der Waals surface area contributed by atoms with Gasteiger partial charge in [-0.05, 0) is 30.9 Å². The Bertz CT molecular complexity index is 498. The van der Waals surface area contributed by atoms with Crippen molar-refractivity contribution in [2.75, 3.05) is 7.05 Å². The van der Waals surface area contributed by atoms with E-state index in [-0.39, 0.29) is 17.6 Å². The zero-order chi connectivity index (χ0) is 14.7. The predicted molar refractivity (Wildman–Crippen MR) is 76.6 cm³/mol. The number of nitro benzene ring substituents is 1. The van der Waals surface area contributed by atoms with Gasteiger partial charge in [0.2, 0.25) is 0 Å². The Balaban J connectivity index is 2.11. The average Bonchev–Trinajstić information content (AvgIpc) is 2.46. The minimum Gasteiger partial charge on any atom is -0.338 e. The topological polar surface area (TPSA) is 63.5 Å². The van der Waals surface area contributed by atoms with Crippen LogP contribution in [-0.2, 0) is 0 Å². The second kappa shape index (κ2) is 6.03. The first-order valence-corrected chi connectivity index (χ1v) is 7.02. The van der Waals surface area contributed by atoms with Gasteiger partial charge < -0.3 is 4.90 Å². The molecule has 0 radical (unpaired) electrons. The maximum Gasteiger partial charge on any atom is 0.269 e. The third-order valence-electron chi connectivity index (χ3n) is 4.21. The summed E-state index contributed by atoms with van der Waals surface area (Å²) in [6.45, 7) is 2.18. The van der Waals surface area contributed by atoms with Crippen molar-refractivity contribution in [3.8, 4) is 0 Å². The second-order valence-electron chi connectivity index (χ2n) is 5.55. The van der Waals surface area contributed by atoms with Crippen molar-refractivity contribution >= 4 is 11.6 Å². The summed E-state index contributed by atoms with van der Waals surface area (Å²) in [5.41, 5.74) is 0.520. The Morgan fingerprint density at radius 1 is 1.25 bits per heavy atom. The molecule has 2 rings (SSSR count). The predicted octanol–water partition coefficient (Wildman–Crippen LogP) is 3.25. The van der Waals surface area contributed by atoms with Crippen LogP contribution in [0.5, 0.6) is 0 Å². The Kier molecular flexibility index (Phi) is 4.37. The van der Waals surface area contributed by atoms with Crippen LogP contribution in [-0.4, -0.2) is 28.8 Å². The molecule has 0 N–H and O–H groups in total. The van der Waals surface area contributed by atoms with Crippen molar-refractivity contribution in [2.45, 2.75) is 38.6 Å². The average molecular weight is 276 g/mol. The van der Waals surface area contributed by atoms with Crippen molar-refractivity contribution in [3.05, 3.63) is 39.9 Å². The van der Waals surface area contributed by atoms with E-state index in [0.29, 0.717) is 11.5 Å². The van der Waals surface area contributed by atoms with E-state index >= 15 is 0 Å². The first-order chi connectivity index (χ1) is 9.50. The van der Waals surface area contributed by atoms with Crippen LogP contribution in [0.15, 0.2) is 24.3 Å². The van der Waals surface area contributed by atoms with E-state index in [4.69, 9.17) is 0 Å². The number of nitro groups is 1. The Morgan fingerprint density at radius 2 is 1.85 bits per heavy atom. The Labute approximate surface area is 118 Å². The number of amides is 1. The van der Waals surface area contributed by atoms with E-state index in [2.05, 4.69) is 6.92 Å². The third kappa shape index (κ3) is 2.98. The summed E-state index contributed by atoms with van der Waals surface area (Å²) in [5.74, 6) is 0.453. The SMILES string of the molecule is C[C@H]1CCCC[C@@H]1N(C)C(=O)c1ccc([N+](=O)[O-])cc1. The maximum atomic E-state index is 12.4. The molecule has 1 aliphatic carbocycles. The van der Waals surface area contributed by atoms with Gasteiger partial charge in [-0.3, -0.25) is 14.9 Å². The van der Waals surface area contributed by atoms with Crippen LogP contribution in [0.4, 0.5) is 5.69 Å². The summed E-state index contributed by atoms with van der Waals surface area (Å²) < 4.78 is 0. The molecule has 20 heavy (non-hydrogen) atoms. The van der Waals surface area contributed by atoms with Crippen LogP contribution in [0.3, 0.4) is 0 Å². The van der Waals surface area contributed by atoms with Crippen molar-refractivity contribution in [3.63, 3.8) is 0 Å². The van der Waals surface area contributed by atoms with Crippen LogP contribution < -0.4 is 0 Å². The summed E-state index contributed by atoms with van der Waals surface area (Å²) >= 11 is 0. The summed E-state index contributed by atoms with van der Waals surface area (Å²) in [4.78, 5) is 24.4. The summed E-state index contributed by atoms with van der Waals surface area (Å²) in [7, 11) is 1.83. The highest BCUT2D eigenvalue weighted by Crippen LogP contribution is 2.28. The highest BCUT2D eigenvalue weighted by molar-refractivity contribution is 5.94. The van der Waals surface area contributed by atoms with Crippen LogP contribution in [0, 0.1) is 16.0 Å².